The van der Waals surface area contributed by atoms with Gasteiger partial charge >= 0.3 is 0 Å². The Morgan fingerprint density at radius 1 is 0.233 bits per heavy atom. The minimum absolute atomic E-state index is 1.14. The molecule has 298 valence electrons. The van der Waals surface area contributed by atoms with Gasteiger partial charge in [0.15, 0.2) is 0 Å². The summed E-state index contributed by atoms with van der Waals surface area (Å²) in [6.07, 6.45) is 19.2. The van der Waals surface area contributed by atoms with Crippen LogP contribution in [0.25, 0.3) is 22.3 Å². The molecule has 2 nitrogen and oxygen atoms in total. The van der Waals surface area contributed by atoms with E-state index in [1.807, 2.05) is 0 Å². The van der Waals surface area contributed by atoms with Crippen molar-refractivity contribution in [2.75, 3.05) is 9.80 Å². The first-order valence-electron chi connectivity index (χ1n) is 23.1. The van der Waals surface area contributed by atoms with Crippen LogP contribution in [-0.4, -0.2) is 0 Å². The summed E-state index contributed by atoms with van der Waals surface area (Å²) in [5, 5.41) is 0. The fourth-order valence-corrected chi connectivity index (χ4v) is 11.7. The van der Waals surface area contributed by atoms with E-state index in [2.05, 4.69) is 155 Å². The van der Waals surface area contributed by atoms with E-state index in [4.69, 9.17) is 0 Å². The SMILES string of the molecule is c1ccc(-c2c3c(c(N(c4ccccc4)c4ccc(N(c5ccccc5)c5c6c(c(-c7ccccc7)c7c5CCCC7)CCCC6)cc4)c4c2CCCC4)CCCC3)cc1. The number of hydrogen-bond donors (Lipinski definition) is 0. The fraction of sp³-hybridized carbons (Fsp3) is 0.276. The maximum absolute atomic E-state index is 2.65. The molecule has 0 atom stereocenters. The number of para-hydroxylation sites is 2. The number of fused-ring (bicyclic) bond motifs is 4. The summed E-state index contributed by atoms with van der Waals surface area (Å²) >= 11 is 0. The van der Waals surface area contributed by atoms with E-state index in [1.165, 1.54) is 96.6 Å². The van der Waals surface area contributed by atoms with E-state index in [9.17, 15) is 0 Å². The highest BCUT2D eigenvalue weighted by Crippen LogP contribution is 2.52. The molecule has 0 heterocycles. The van der Waals surface area contributed by atoms with Crippen molar-refractivity contribution in [2.24, 2.45) is 0 Å². The lowest BCUT2D eigenvalue weighted by molar-refractivity contribution is 0.661. The van der Waals surface area contributed by atoms with E-state index in [1.54, 1.807) is 55.6 Å². The highest BCUT2D eigenvalue weighted by molar-refractivity contribution is 5.91. The van der Waals surface area contributed by atoms with Gasteiger partial charge in [-0.25, -0.2) is 0 Å². The maximum atomic E-state index is 2.65. The maximum Gasteiger partial charge on any atom is 0.0531 e. The number of benzene rings is 7. The normalized spacial score (nSPS) is 15.6. The Morgan fingerprint density at radius 3 is 0.750 bits per heavy atom. The molecule has 0 bridgehead atoms. The van der Waals surface area contributed by atoms with Crippen LogP contribution >= 0.6 is 0 Å². The van der Waals surface area contributed by atoms with Crippen LogP contribution in [0.2, 0.25) is 0 Å². The third kappa shape index (κ3) is 6.56. The smallest absolute Gasteiger partial charge is 0.0531 e. The molecule has 0 aromatic heterocycles. The molecule has 4 aliphatic rings. The van der Waals surface area contributed by atoms with E-state index >= 15 is 0 Å². The van der Waals surface area contributed by atoms with Gasteiger partial charge in [-0.3, -0.25) is 0 Å². The summed E-state index contributed by atoms with van der Waals surface area (Å²) < 4.78 is 0. The molecule has 0 aliphatic heterocycles. The van der Waals surface area contributed by atoms with Crippen LogP contribution in [0.1, 0.15) is 95.9 Å². The Bertz CT molecular complexity index is 2370. The first kappa shape index (κ1) is 37.2. The largest absolute Gasteiger partial charge is 0.310 e. The molecule has 0 N–H and O–H groups in total. The molecular formula is C58H56N2. The van der Waals surface area contributed by atoms with Gasteiger partial charge in [-0.15, -0.1) is 0 Å². The van der Waals surface area contributed by atoms with Gasteiger partial charge in [0, 0.05) is 22.7 Å². The lowest BCUT2D eigenvalue weighted by Gasteiger charge is -2.38. The highest BCUT2D eigenvalue weighted by atomic mass is 15.2. The predicted molar refractivity (Wildman–Crippen MR) is 253 cm³/mol. The molecule has 0 unspecified atom stereocenters. The molecule has 0 radical (unpaired) electrons. The zero-order valence-corrected chi connectivity index (χ0v) is 35.1. The highest BCUT2D eigenvalue weighted by Gasteiger charge is 2.33. The van der Waals surface area contributed by atoms with Gasteiger partial charge in [-0.05, 0) is 218 Å². The summed E-state index contributed by atoms with van der Waals surface area (Å²) in [5.74, 6) is 0. The van der Waals surface area contributed by atoms with Crippen molar-refractivity contribution in [1.82, 2.24) is 0 Å². The molecule has 2 heteroatoms. The Balaban J connectivity index is 1.11. The second-order valence-corrected chi connectivity index (χ2v) is 17.7. The molecular weight excluding hydrogens is 725 g/mol. The summed E-state index contributed by atoms with van der Waals surface area (Å²) in [5.41, 5.74) is 26.6. The van der Waals surface area contributed by atoms with Crippen molar-refractivity contribution >= 4 is 34.1 Å². The predicted octanol–water partition coefficient (Wildman–Crippen LogP) is 15.5. The van der Waals surface area contributed by atoms with Crippen LogP contribution in [0.4, 0.5) is 34.1 Å². The first-order chi connectivity index (χ1) is 29.8. The summed E-state index contributed by atoms with van der Waals surface area (Å²) in [6.45, 7) is 0. The Labute approximate surface area is 357 Å². The number of nitrogens with zero attached hydrogens (tertiary/aromatic N) is 2. The van der Waals surface area contributed by atoms with E-state index in [0.29, 0.717) is 0 Å². The van der Waals surface area contributed by atoms with Crippen LogP contribution < -0.4 is 9.80 Å². The van der Waals surface area contributed by atoms with Gasteiger partial charge in [-0.1, -0.05) is 97.1 Å². The molecule has 0 amide bonds. The lowest BCUT2D eigenvalue weighted by Crippen LogP contribution is -2.22. The average Bonchev–Trinajstić information content (AvgIpc) is 3.33. The molecule has 4 aliphatic carbocycles. The van der Waals surface area contributed by atoms with E-state index in [-0.39, 0.29) is 0 Å². The molecule has 0 saturated heterocycles. The first-order valence-corrected chi connectivity index (χ1v) is 23.1. The van der Waals surface area contributed by atoms with Crippen molar-refractivity contribution in [3.05, 3.63) is 190 Å². The number of anilines is 6. The third-order valence-electron chi connectivity index (χ3n) is 14.2. The average molecular weight is 781 g/mol. The molecule has 11 rings (SSSR count). The van der Waals surface area contributed by atoms with Crippen LogP contribution in [0.3, 0.4) is 0 Å². The monoisotopic (exact) mass is 780 g/mol. The zero-order chi connectivity index (χ0) is 39.8. The molecule has 7 aromatic carbocycles. The molecule has 60 heavy (non-hydrogen) atoms. The zero-order valence-electron chi connectivity index (χ0n) is 35.1. The quantitative estimate of drug-likeness (QED) is 0.152. The number of rotatable bonds is 8. The Kier molecular flexibility index (Phi) is 10.1. The molecule has 0 fully saturated rings. The Morgan fingerprint density at radius 2 is 0.467 bits per heavy atom. The van der Waals surface area contributed by atoms with Gasteiger partial charge < -0.3 is 9.80 Å². The standard InChI is InChI=1S/C58H56N2/c1-5-21-41(22-6-1)55-47-29-13-17-33-51(47)57(52-34-18-14-30-48(52)55)59(43-25-9-3-10-26-43)45-37-39-46(40-38-45)60(44-27-11-4-12-28-44)58-53-35-19-15-31-49(53)56(42-23-7-2-8-24-42)50-32-16-20-36-54(50)58/h1-12,21-28,37-40H,13-20,29-36H2. The lowest BCUT2D eigenvalue weighted by atomic mass is 9.75. The topological polar surface area (TPSA) is 6.48 Å². The van der Waals surface area contributed by atoms with Gasteiger partial charge in [0.05, 0.1) is 11.4 Å². The number of hydrogen-bond acceptors (Lipinski definition) is 2. The summed E-state index contributed by atoms with van der Waals surface area (Å²) in [7, 11) is 0. The summed E-state index contributed by atoms with van der Waals surface area (Å²) in [6, 6.07) is 54.9. The van der Waals surface area contributed by atoms with Crippen LogP contribution in [0.5, 0.6) is 0 Å². The minimum Gasteiger partial charge on any atom is -0.310 e. The Hall–Kier alpha value is -5.86. The third-order valence-corrected chi connectivity index (χ3v) is 14.2. The van der Waals surface area contributed by atoms with Crippen molar-refractivity contribution in [2.45, 2.75) is 103 Å². The second kappa shape index (κ2) is 16.3. The van der Waals surface area contributed by atoms with Gasteiger partial charge in [0.25, 0.3) is 0 Å². The van der Waals surface area contributed by atoms with Crippen LogP contribution in [0, 0.1) is 0 Å². The molecule has 0 saturated carbocycles. The van der Waals surface area contributed by atoms with Crippen molar-refractivity contribution in [3.63, 3.8) is 0 Å². The van der Waals surface area contributed by atoms with Crippen molar-refractivity contribution < 1.29 is 0 Å². The van der Waals surface area contributed by atoms with Crippen molar-refractivity contribution in [1.29, 1.82) is 0 Å². The van der Waals surface area contributed by atoms with Gasteiger partial charge in [0.2, 0.25) is 0 Å². The minimum atomic E-state index is 1.14. The summed E-state index contributed by atoms with van der Waals surface area (Å²) in [4.78, 5) is 5.30. The van der Waals surface area contributed by atoms with Gasteiger partial charge in [0.1, 0.15) is 0 Å². The van der Waals surface area contributed by atoms with E-state index < -0.39 is 0 Å². The second-order valence-electron chi connectivity index (χ2n) is 17.7. The van der Waals surface area contributed by atoms with E-state index in [0.717, 1.165) is 51.4 Å². The molecule has 0 spiro atoms. The van der Waals surface area contributed by atoms with Crippen LogP contribution in [-0.2, 0) is 51.4 Å². The van der Waals surface area contributed by atoms with Gasteiger partial charge in [-0.2, -0.15) is 0 Å². The van der Waals surface area contributed by atoms with Crippen molar-refractivity contribution in [3.8, 4) is 22.3 Å². The molecule has 7 aromatic rings. The fourth-order valence-electron chi connectivity index (χ4n) is 11.7. The van der Waals surface area contributed by atoms with Crippen LogP contribution in [0.15, 0.2) is 146 Å².